The summed E-state index contributed by atoms with van der Waals surface area (Å²) in [5.74, 6) is 12.0. The first-order chi connectivity index (χ1) is 9.26. The van der Waals surface area contributed by atoms with E-state index in [9.17, 15) is 0 Å². The number of aromatic nitrogens is 2. The number of para-hydroxylation sites is 1. The van der Waals surface area contributed by atoms with Crippen LogP contribution in [0.25, 0.3) is 0 Å². The molecule has 1 aromatic carbocycles. The Labute approximate surface area is 115 Å². The maximum Gasteiger partial charge on any atom is 0.231 e. The molecule has 2 aromatic rings. The van der Waals surface area contributed by atoms with Crippen LogP contribution in [0.5, 0.6) is 0 Å². The highest BCUT2D eigenvalue weighted by atomic mass is 32.2. The minimum Gasteiger partial charge on any atom is -0.323 e. The van der Waals surface area contributed by atoms with Gasteiger partial charge in [-0.3, -0.25) is 0 Å². The van der Waals surface area contributed by atoms with E-state index in [-0.39, 0.29) is 0 Å². The number of hydrogen-bond donors (Lipinski definition) is 5. The van der Waals surface area contributed by atoms with E-state index in [1.54, 1.807) is 17.8 Å². The molecular formula is C11H15N7S. The lowest BCUT2D eigenvalue weighted by molar-refractivity contribution is 1.12. The van der Waals surface area contributed by atoms with Crippen LogP contribution in [0.1, 0.15) is 0 Å². The number of nitrogen functional groups attached to an aromatic ring is 2. The standard InChI is InChI=1S/C11H15N7S/c1-19-8-5-3-2-4-7(8)14-11-15-9(17-12)6-10(16-11)18-13/h2-6H,12-13H2,1H3,(H3,14,15,16,17,18). The van der Waals surface area contributed by atoms with Gasteiger partial charge in [-0.1, -0.05) is 12.1 Å². The molecule has 0 aliphatic rings. The van der Waals surface area contributed by atoms with E-state index in [2.05, 4.69) is 26.1 Å². The summed E-state index contributed by atoms with van der Waals surface area (Å²) < 4.78 is 0. The summed E-state index contributed by atoms with van der Waals surface area (Å²) in [7, 11) is 0. The Morgan fingerprint density at radius 2 is 1.68 bits per heavy atom. The van der Waals surface area contributed by atoms with Crippen LogP contribution in [0, 0.1) is 0 Å². The number of nitrogens with zero attached hydrogens (tertiary/aromatic N) is 2. The van der Waals surface area contributed by atoms with Gasteiger partial charge in [0.15, 0.2) is 0 Å². The summed E-state index contributed by atoms with van der Waals surface area (Å²) in [4.78, 5) is 9.51. The quantitative estimate of drug-likeness (QED) is 0.317. The van der Waals surface area contributed by atoms with Crippen LogP contribution in [0.2, 0.25) is 0 Å². The second kappa shape index (κ2) is 6.23. The first-order valence-corrected chi connectivity index (χ1v) is 6.71. The Morgan fingerprint density at radius 3 is 2.26 bits per heavy atom. The molecule has 0 aliphatic heterocycles. The topological polar surface area (TPSA) is 114 Å². The summed E-state index contributed by atoms with van der Waals surface area (Å²) in [5.41, 5.74) is 5.85. The molecule has 1 aromatic heterocycles. The maximum absolute atomic E-state index is 5.35. The van der Waals surface area contributed by atoms with Crippen LogP contribution in [0.3, 0.4) is 0 Å². The Bertz CT molecular complexity index is 538. The van der Waals surface area contributed by atoms with Crippen LogP contribution in [-0.4, -0.2) is 16.2 Å². The van der Waals surface area contributed by atoms with Crippen molar-refractivity contribution in [2.24, 2.45) is 11.7 Å². The fourth-order valence-electron chi connectivity index (χ4n) is 1.52. The molecule has 8 heteroatoms. The monoisotopic (exact) mass is 277 g/mol. The third kappa shape index (κ3) is 3.25. The van der Waals surface area contributed by atoms with Gasteiger partial charge in [-0.2, -0.15) is 9.97 Å². The van der Waals surface area contributed by atoms with Gasteiger partial charge in [-0.15, -0.1) is 11.8 Å². The summed E-state index contributed by atoms with van der Waals surface area (Å²) in [6.07, 6.45) is 2.01. The van der Waals surface area contributed by atoms with Gasteiger partial charge in [0, 0.05) is 11.0 Å². The van der Waals surface area contributed by atoms with Gasteiger partial charge in [0.05, 0.1) is 5.69 Å². The molecule has 0 aliphatic carbocycles. The molecule has 0 bridgehead atoms. The first-order valence-electron chi connectivity index (χ1n) is 5.49. The largest absolute Gasteiger partial charge is 0.323 e. The van der Waals surface area contributed by atoms with Crippen molar-refractivity contribution in [2.45, 2.75) is 4.90 Å². The fraction of sp³-hybridized carbons (Fsp3) is 0.0909. The lowest BCUT2D eigenvalue weighted by atomic mass is 10.3. The summed E-state index contributed by atoms with van der Waals surface area (Å²) >= 11 is 1.64. The van der Waals surface area contributed by atoms with Gasteiger partial charge in [0.25, 0.3) is 0 Å². The predicted molar refractivity (Wildman–Crippen MR) is 79.2 cm³/mol. The summed E-state index contributed by atoms with van der Waals surface area (Å²) in [5, 5.41) is 3.14. The number of rotatable bonds is 5. The molecule has 0 atom stereocenters. The minimum atomic E-state index is 0.407. The smallest absolute Gasteiger partial charge is 0.231 e. The second-order valence-corrected chi connectivity index (χ2v) is 4.42. The zero-order valence-corrected chi connectivity index (χ0v) is 11.2. The highest BCUT2D eigenvalue weighted by molar-refractivity contribution is 7.98. The van der Waals surface area contributed by atoms with Crippen molar-refractivity contribution in [1.82, 2.24) is 9.97 Å². The van der Waals surface area contributed by atoms with Gasteiger partial charge in [0.1, 0.15) is 11.6 Å². The minimum absolute atomic E-state index is 0.407. The fourth-order valence-corrected chi connectivity index (χ4v) is 2.07. The van der Waals surface area contributed by atoms with E-state index in [1.807, 2.05) is 30.5 Å². The predicted octanol–water partition coefficient (Wildman–Crippen LogP) is 1.51. The van der Waals surface area contributed by atoms with E-state index < -0.39 is 0 Å². The Morgan fingerprint density at radius 1 is 1.05 bits per heavy atom. The van der Waals surface area contributed by atoms with Crippen molar-refractivity contribution in [2.75, 3.05) is 22.4 Å². The highest BCUT2D eigenvalue weighted by Gasteiger charge is 2.06. The number of thioether (sulfide) groups is 1. The number of anilines is 4. The van der Waals surface area contributed by atoms with Crippen LogP contribution in [0.4, 0.5) is 23.3 Å². The molecule has 0 spiro atoms. The number of nitrogens with two attached hydrogens (primary N) is 2. The number of hydrogen-bond acceptors (Lipinski definition) is 8. The third-order valence-corrected chi connectivity index (χ3v) is 3.17. The third-order valence-electron chi connectivity index (χ3n) is 2.38. The Hall–Kier alpha value is -2.03. The Kier molecular flexibility index (Phi) is 4.39. The van der Waals surface area contributed by atoms with E-state index >= 15 is 0 Å². The summed E-state index contributed by atoms with van der Waals surface area (Å²) in [6, 6.07) is 9.48. The molecule has 2 rings (SSSR count). The molecule has 7 N–H and O–H groups in total. The number of hydrazine groups is 2. The van der Waals surface area contributed by atoms with E-state index in [0.29, 0.717) is 17.6 Å². The van der Waals surface area contributed by atoms with Gasteiger partial charge >= 0.3 is 0 Å². The molecule has 0 saturated heterocycles. The molecule has 0 amide bonds. The number of benzene rings is 1. The van der Waals surface area contributed by atoms with Crippen molar-refractivity contribution < 1.29 is 0 Å². The molecule has 7 nitrogen and oxygen atoms in total. The van der Waals surface area contributed by atoms with Crippen molar-refractivity contribution in [1.29, 1.82) is 0 Å². The zero-order valence-electron chi connectivity index (χ0n) is 10.3. The summed E-state index contributed by atoms with van der Waals surface area (Å²) in [6.45, 7) is 0. The lowest BCUT2D eigenvalue weighted by Gasteiger charge is -2.11. The van der Waals surface area contributed by atoms with Crippen LogP contribution < -0.4 is 27.9 Å². The zero-order chi connectivity index (χ0) is 13.7. The first kappa shape index (κ1) is 13.4. The SMILES string of the molecule is CSc1ccccc1Nc1nc(NN)cc(NN)n1. The molecule has 0 fully saturated rings. The van der Waals surface area contributed by atoms with Gasteiger partial charge in [0.2, 0.25) is 5.95 Å². The molecule has 100 valence electrons. The normalized spacial score (nSPS) is 10.1. The molecule has 0 unspecified atom stereocenters. The van der Waals surface area contributed by atoms with Gasteiger partial charge in [-0.25, -0.2) is 11.7 Å². The van der Waals surface area contributed by atoms with Crippen molar-refractivity contribution in [3.05, 3.63) is 30.3 Å². The molecule has 0 radical (unpaired) electrons. The van der Waals surface area contributed by atoms with Crippen molar-refractivity contribution >= 4 is 35.0 Å². The lowest BCUT2D eigenvalue weighted by Crippen LogP contribution is -2.14. The van der Waals surface area contributed by atoms with Crippen molar-refractivity contribution in [3.8, 4) is 0 Å². The Balaban J connectivity index is 2.32. The number of nitrogens with one attached hydrogen (secondary N) is 3. The molecule has 1 heterocycles. The molecule has 19 heavy (non-hydrogen) atoms. The van der Waals surface area contributed by atoms with Gasteiger partial charge < -0.3 is 16.2 Å². The van der Waals surface area contributed by atoms with Crippen molar-refractivity contribution in [3.63, 3.8) is 0 Å². The van der Waals surface area contributed by atoms with E-state index in [4.69, 9.17) is 11.7 Å². The van der Waals surface area contributed by atoms with E-state index in [0.717, 1.165) is 10.6 Å². The van der Waals surface area contributed by atoms with Gasteiger partial charge in [-0.05, 0) is 18.4 Å². The average molecular weight is 277 g/mol. The highest BCUT2D eigenvalue weighted by Crippen LogP contribution is 2.27. The maximum atomic E-state index is 5.35. The molecule has 0 saturated carbocycles. The van der Waals surface area contributed by atoms with Crippen LogP contribution in [0.15, 0.2) is 35.2 Å². The average Bonchev–Trinajstić information content (AvgIpc) is 2.47. The molecular weight excluding hydrogens is 262 g/mol. The van der Waals surface area contributed by atoms with Crippen LogP contribution in [-0.2, 0) is 0 Å². The van der Waals surface area contributed by atoms with Crippen LogP contribution >= 0.6 is 11.8 Å². The van der Waals surface area contributed by atoms with E-state index in [1.165, 1.54) is 0 Å². The second-order valence-electron chi connectivity index (χ2n) is 3.58.